The van der Waals surface area contributed by atoms with Crippen LogP contribution >= 0.6 is 22.6 Å². The molecule has 1 amide bonds. The number of carbonyl (C=O) groups is 1. The second kappa shape index (κ2) is 6.57. The van der Waals surface area contributed by atoms with Crippen LogP contribution in [0.2, 0.25) is 0 Å². The van der Waals surface area contributed by atoms with Crippen molar-refractivity contribution in [2.45, 2.75) is 6.92 Å². The Hall–Kier alpha value is -2.09. The molecular weight excluding hydrogens is 381 g/mol. The van der Waals surface area contributed by atoms with Gasteiger partial charge in [0.05, 0.1) is 5.56 Å². The van der Waals surface area contributed by atoms with Crippen LogP contribution in [0.15, 0.2) is 47.6 Å². The Morgan fingerprint density at radius 2 is 2.00 bits per heavy atom. The number of amidine groups is 1. The SMILES string of the molecule is Cc1ccc(C(N)=NO)cc1NC(=O)c1ccccc1I. The molecule has 0 saturated heterocycles. The minimum Gasteiger partial charge on any atom is -0.409 e. The highest BCUT2D eigenvalue weighted by Crippen LogP contribution is 2.19. The van der Waals surface area contributed by atoms with Crippen molar-refractivity contribution in [3.63, 3.8) is 0 Å². The summed E-state index contributed by atoms with van der Waals surface area (Å²) in [4.78, 5) is 12.3. The van der Waals surface area contributed by atoms with Crippen LogP contribution < -0.4 is 11.1 Å². The summed E-state index contributed by atoms with van der Waals surface area (Å²) in [6, 6.07) is 12.5. The monoisotopic (exact) mass is 395 g/mol. The van der Waals surface area contributed by atoms with Crippen molar-refractivity contribution in [2.75, 3.05) is 5.32 Å². The molecule has 4 N–H and O–H groups in total. The number of nitrogens with two attached hydrogens (primary N) is 1. The van der Waals surface area contributed by atoms with Crippen LogP contribution in [0.5, 0.6) is 0 Å². The molecule has 0 radical (unpaired) electrons. The number of nitrogens with zero attached hydrogens (tertiary/aromatic N) is 1. The number of amides is 1. The number of oxime groups is 1. The molecule has 0 aliphatic rings. The Bertz CT molecular complexity index is 714. The predicted octanol–water partition coefficient (Wildman–Crippen LogP) is 2.95. The maximum absolute atomic E-state index is 12.3. The fourth-order valence-corrected chi connectivity index (χ4v) is 2.44. The summed E-state index contributed by atoms with van der Waals surface area (Å²) < 4.78 is 0.873. The summed E-state index contributed by atoms with van der Waals surface area (Å²) >= 11 is 2.12. The van der Waals surface area contributed by atoms with E-state index in [9.17, 15) is 4.79 Å². The molecule has 6 heteroatoms. The van der Waals surface area contributed by atoms with Crippen LogP contribution in [-0.4, -0.2) is 17.0 Å². The van der Waals surface area contributed by atoms with Crippen LogP contribution in [0.3, 0.4) is 0 Å². The molecule has 0 aliphatic heterocycles. The van der Waals surface area contributed by atoms with Crippen LogP contribution in [0.4, 0.5) is 5.69 Å². The van der Waals surface area contributed by atoms with Crippen molar-refractivity contribution in [1.82, 2.24) is 0 Å². The van der Waals surface area contributed by atoms with Gasteiger partial charge in [-0.3, -0.25) is 4.79 Å². The molecular formula is C15H14IN3O2. The molecule has 2 rings (SSSR count). The first kappa shape index (κ1) is 15.3. The smallest absolute Gasteiger partial charge is 0.256 e. The number of halogens is 1. The van der Waals surface area contributed by atoms with Gasteiger partial charge in [-0.1, -0.05) is 29.4 Å². The van der Waals surface area contributed by atoms with Gasteiger partial charge in [0.2, 0.25) is 0 Å². The molecule has 0 heterocycles. The van der Waals surface area contributed by atoms with Crippen molar-refractivity contribution < 1.29 is 10.0 Å². The Balaban J connectivity index is 2.31. The highest BCUT2D eigenvalue weighted by molar-refractivity contribution is 14.1. The van der Waals surface area contributed by atoms with Crippen molar-refractivity contribution in [3.8, 4) is 0 Å². The van der Waals surface area contributed by atoms with Crippen molar-refractivity contribution in [2.24, 2.45) is 10.9 Å². The van der Waals surface area contributed by atoms with Gasteiger partial charge in [-0.2, -0.15) is 0 Å². The summed E-state index contributed by atoms with van der Waals surface area (Å²) in [5.41, 5.74) is 8.23. The second-order valence-electron chi connectivity index (χ2n) is 4.45. The van der Waals surface area contributed by atoms with E-state index >= 15 is 0 Å². The van der Waals surface area contributed by atoms with Crippen molar-refractivity contribution >= 4 is 40.0 Å². The Morgan fingerprint density at radius 1 is 1.29 bits per heavy atom. The van der Waals surface area contributed by atoms with E-state index in [0.717, 1.165) is 9.13 Å². The van der Waals surface area contributed by atoms with Gasteiger partial charge >= 0.3 is 0 Å². The zero-order valence-corrected chi connectivity index (χ0v) is 13.5. The van der Waals surface area contributed by atoms with Crippen molar-refractivity contribution in [3.05, 3.63) is 62.7 Å². The molecule has 0 fully saturated rings. The van der Waals surface area contributed by atoms with Crippen LogP contribution in [0.25, 0.3) is 0 Å². The lowest BCUT2D eigenvalue weighted by molar-refractivity contribution is 0.102. The average Bonchev–Trinajstić information content (AvgIpc) is 2.49. The van der Waals surface area contributed by atoms with Crippen molar-refractivity contribution in [1.29, 1.82) is 0 Å². The van der Waals surface area contributed by atoms with E-state index in [-0.39, 0.29) is 11.7 Å². The Morgan fingerprint density at radius 3 is 2.67 bits per heavy atom. The van der Waals surface area contributed by atoms with Gasteiger partial charge in [0.1, 0.15) is 0 Å². The summed E-state index contributed by atoms with van der Waals surface area (Å²) in [7, 11) is 0. The van der Waals surface area contributed by atoms with Gasteiger partial charge in [0.15, 0.2) is 5.84 Å². The van der Waals surface area contributed by atoms with E-state index < -0.39 is 0 Å². The molecule has 21 heavy (non-hydrogen) atoms. The summed E-state index contributed by atoms with van der Waals surface area (Å²) in [5, 5.41) is 14.5. The molecule has 108 valence electrons. The third-order valence-electron chi connectivity index (χ3n) is 3.01. The van der Waals surface area contributed by atoms with Crippen LogP contribution in [0.1, 0.15) is 21.5 Å². The first-order chi connectivity index (χ1) is 10.0. The summed E-state index contributed by atoms with van der Waals surface area (Å²) in [6.45, 7) is 1.88. The standard InChI is InChI=1S/C15H14IN3O2/c1-9-6-7-10(14(17)19-21)8-13(9)18-15(20)11-4-2-3-5-12(11)16/h2-8,21H,1H3,(H2,17,19)(H,18,20). The van der Waals surface area contributed by atoms with Crippen LogP contribution in [0, 0.1) is 10.5 Å². The second-order valence-corrected chi connectivity index (χ2v) is 5.61. The number of nitrogens with one attached hydrogen (secondary N) is 1. The van der Waals surface area contributed by atoms with Gasteiger partial charge in [0, 0.05) is 14.8 Å². The highest BCUT2D eigenvalue weighted by atomic mass is 127. The number of hydrogen-bond acceptors (Lipinski definition) is 3. The third kappa shape index (κ3) is 3.52. The maximum Gasteiger partial charge on any atom is 0.256 e. The highest BCUT2D eigenvalue weighted by Gasteiger charge is 2.11. The number of rotatable bonds is 3. The first-order valence-electron chi connectivity index (χ1n) is 6.17. The van der Waals surface area contributed by atoms with Gasteiger partial charge in [-0.15, -0.1) is 0 Å². The van der Waals surface area contributed by atoms with Gasteiger partial charge in [-0.05, 0) is 53.3 Å². The number of carbonyl (C=O) groups excluding carboxylic acids is 1. The van der Waals surface area contributed by atoms with E-state index in [1.54, 1.807) is 24.3 Å². The zero-order chi connectivity index (χ0) is 15.4. The molecule has 2 aromatic carbocycles. The normalized spacial score (nSPS) is 11.2. The molecule has 5 nitrogen and oxygen atoms in total. The molecule has 0 bridgehead atoms. The number of anilines is 1. The predicted molar refractivity (Wildman–Crippen MR) is 90.8 cm³/mol. The fourth-order valence-electron chi connectivity index (χ4n) is 1.81. The lowest BCUT2D eigenvalue weighted by Crippen LogP contribution is -2.16. The molecule has 0 aliphatic carbocycles. The molecule has 0 saturated carbocycles. The molecule has 0 unspecified atom stereocenters. The van der Waals surface area contributed by atoms with E-state index in [1.807, 2.05) is 25.1 Å². The van der Waals surface area contributed by atoms with E-state index in [2.05, 4.69) is 33.1 Å². The first-order valence-corrected chi connectivity index (χ1v) is 7.25. The number of benzene rings is 2. The number of hydrogen-bond donors (Lipinski definition) is 3. The number of aryl methyl sites for hydroxylation is 1. The lowest BCUT2D eigenvalue weighted by Gasteiger charge is -2.11. The minimum absolute atomic E-state index is 0.000194. The van der Waals surface area contributed by atoms with Gasteiger partial charge in [0.25, 0.3) is 5.91 Å². The molecule has 0 spiro atoms. The Kier molecular flexibility index (Phi) is 4.79. The Labute approximate surface area is 136 Å². The minimum atomic E-state index is -0.195. The third-order valence-corrected chi connectivity index (χ3v) is 3.95. The molecule has 0 atom stereocenters. The van der Waals surface area contributed by atoms with Gasteiger partial charge < -0.3 is 16.3 Å². The van der Waals surface area contributed by atoms with E-state index in [1.165, 1.54) is 0 Å². The average molecular weight is 395 g/mol. The van der Waals surface area contributed by atoms with E-state index in [4.69, 9.17) is 10.9 Å². The maximum atomic E-state index is 12.3. The summed E-state index contributed by atoms with van der Waals surface area (Å²) in [6.07, 6.45) is 0. The quantitative estimate of drug-likeness (QED) is 0.246. The lowest BCUT2D eigenvalue weighted by atomic mass is 10.1. The molecule has 2 aromatic rings. The molecule has 0 aromatic heterocycles. The fraction of sp³-hybridized carbons (Fsp3) is 0.0667. The largest absolute Gasteiger partial charge is 0.409 e. The van der Waals surface area contributed by atoms with Gasteiger partial charge in [-0.25, -0.2) is 0 Å². The zero-order valence-electron chi connectivity index (χ0n) is 11.3. The van der Waals surface area contributed by atoms with Crippen LogP contribution in [-0.2, 0) is 0 Å². The summed E-state index contributed by atoms with van der Waals surface area (Å²) in [5.74, 6) is -0.195. The topological polar surface area (TPSA) is 87.7 Å². The van der Waals surface area contributed by atoms with E-state index in [0.29, 0.717) is 16.8 Å².